The SMILES string of the molecule is NC(=O)c1cccc(C(N)=S)c1.NC(=S)c1cccc(CN2c3cccc(O)c3CC2C(=O)O)c1. The van der Waals surface area contributed by atoms with Gasteiger partial charge in [-0.1, -0.05) is 60.8 Å². The predicted molar refractivity (Wildman–Crippen MR) is 143 cm³/mol. The quantitative estimate of drug-likeness (QED) is 0.316. The first-order chi connectivity index (χ1) is 16.6. The molecule has 4 rings (SSSR count). The number of aliphatic carboxylic acids is 1. The number of hydrogen-bond donors (Lipinski definition) is 5. The molecule has 1 heterocycles. The van der Waals surface area contributed by atoms with E-state index in [1.165, 1.54) is 0 Å². The number of carbonyl (C=O) groups excluding carboxylic acids is 1. The molecule has 1 atom stereocenters. The summed E-state index contributed by atoms with van der Waals surface area (Å²) in [4.78, 5) is 24.7. The third-order valence-corrected chi connectivity index (χ3v) is 5.96. The molecule has 1 unspecified atom stereocenters. The molecule has 3 aromatic carbocycles. The molecular formula is C25H24N4O4S2. The molecule has 1 aliphatic rings. The molecule has 0 saturated carbocycles. The molecule has 1 amide bonds. The van der Waals surface area contributed by atoms with Crippen LogP contribution in [0.1, 0.15) is 32.6 Å². The van der Waals surface area contributed by atoms with E-state index in [9.17, 15) is 19.8 Å². The van der Waals surface area contributed by atoms with E-state index in [4.69, 9.17) is 41.6 Å². The van der Waals surface area contributed by atoms with Gasteiger partial charge in [0.25, 0.3) is 0 Å². The Morgan fingerprint density at radius 2 is 1.46 bits per heavy atom. The smallest absolute Gasteiger partial charge is 0.326 e. The number of thiocarbonyl (C=S) groups is 2. The summed E-state index contributed by atoms with van der Waals surface area (Å²) in [6.07, 6.45) is 0.284. The van der Waals surface area contributed by atoms with Gasteiger partial charge >= 0.3 is 5.97 Å². The van der Waals surface area contributed by atoms with Gasteiger partial charge in [0.1, 0.15) is 21.8 Å². The Kier molecular flexibility index (Phi) is 8.00. The molecule has 3 aromatic rings. The third kappa shape index (κ3) is 6.11. The van der Waals surface area contributed by atoms with Crippen molar-refractivity contribution in [3.63, 3.8) is 0 Å². The van der Waals surface area contributed by atoms with Crippen molar-refractivity contribution in [2.24, 2.45) is 17.2 Å². The van der Waals surface area contributed by atoms with Gasteiger partial charge in [0.2, 0.25) is 5.91 Å². The fourth-order valence-corrected chi connectivity index (χ4v) is 4.03. The van der Waals surface area contributed by atoms with Crippen molar-refractivity contribution in [2.45, 2.75) is 19.0 Å². The van der Waals surface area contributed by atoms with Crippen molar-refractivity contribution in [1.82, 2.24) is 0 Å². The van der Waals surface area contributed by atoms with Crippen LogP contribution in [0.3, 0.4) is 0 Å². The van der Waals surface area contributed by atoms with E-state index in [-0.39, 0.29) is 17.2 Å². The van der Waals surface area contributed by atoms with Crippen LogP contribution in [0.5, 0.6) is 5.75 Å². The topological polar surface area (TPSA) is 156 Å². The molecule has 0 aromatic heterocycles. The zero-order valence-corrected chi connectivity index (χ0v) is 20.2. The molecule has 8 N–H and O–H groups in total. The van der Waals surface area contributed by atoms with Gasteiger partial charge in [-0.3, -0.25) is 4.79 Å². The van der Waals surface area contributed by atoms with Crippen LogP contribution in [-0.4, -0.2) is 38.1 Å². The lowest BCUT2D eigenvalue weighted by atomic mass is 10.1. The van der Waals surface area contributed by atoms with Gasteiger partial charge in [0, 0.05) is 40.9 Å². The fraction of sp³-hybridized carbons (Fsp3) is 0.120. The van der Waals surface area contributed by atoms with Gasteiger partial charge in [-0.15, -0.1) is 0 Å². The second kappa shape index (κ2) is 10.9. The van der Waals surface area contributed by atoms with Crippen LogP contribution in [0.4, 0.5) is 5.69 Å². The molecule has 0 radical (unpaired) electrons. The molecule has 0 saturated heterocycles. The summed E-state index contributed by atoms with van der Waals surface area (Å²) in [5.41, 5.74) is 20.2. The Labute approximate surface area is 213 Å². The monoisotopic (exact) mass is 508 g/mol. The van der Waals surface area contributed by atoms with Gasteiger partial charge in [-0.25, -0.2) is 4.79 Å². The summed E-state index contributed by atoms with van der Waals surface area (Å²) in [7, 11) is 0. The first-order valence-corrected chi connectivity index (χ1v) is 11.3. The zero-order valence-electron chi connectivity index (χ0n) is 18.5. The van der Waals surface area contributed by atoms with Crippen LogP contribution in [0, 0.1) is 0 Å². The lowest BCUT2D eigenvalue weighted by molar-refractivity contribution is -0.138. The number of carboxylic acid groups (broad SMARTS) is 1. The van der Waals surface area contributed by atoms with Crippen molar-refractivity contribution < 1.29 is 19.8 Å². The van der Waals surface area contributed by atoms with E-state index < -0.39 is 17.9 Å². The van der Waals surface area contributed by atoms with Crippen molar-refractivity contribution in [2.75, 3.05) is 4.90 Å². The van der Waals surface area contributed by atoms with Gasteiger partial charge in [0.15, 0.2) is 0 Å². The number of nitrogens with two attached hydrogens (primary N) is 3. The van der Waals surface area contributed by atoms with E-state index in [1.54, 1.807) is 41.3 Å². The molecule has 0 bridgehead atoms. The summed E-state index contributed by atoms with van der Waals surface area (Å²) < 4.78 is 0. The number of carbonyl (C=O) groups is 2. The number of aromatic hydroxyl groups is 1. The summed E-state index contributed by atoms with van der Waals surface area (Å²) in [5, 5.41) is 19.5. The summed E-state index contributed by atoms with van der Waals surface area (Å²) in [5.74, 6) is -1.26. The minimum absolute atomic E-state index is 0.133. The van der Waals surface area contributed by atoms with Crippen molar-refractivity contribution in [3.05, 3.63) is 94.5 Å². The fourth-order valence-electron chi connectivity index (χ4n) is 3.77. The van der Waals surface area contributed by atoms with Crippen LogP contribution in [0.2, 0.25) is 0 Å². The Bertz CT molecular complexity index is 1280. The van der Waals surface area contributed by atoms with Gasteiger partial charge in [0.05, 0.1) is 0 Å². The number of nitrogens with zero attached hydrogens (tertiary/aromatic N) is 1. The highest BCUT2D eigenvalue weighted by Gasteiger charge is 2.35. The molecule has 0 spiro atoms. The number of fused-ring (bicyclic) bond motifs is 1. The average molecular weight is 509 g/mol. The number of anilines is 1. The lowest BCUT2D eigenvalue weighted by Crippen LogP contribution is -2.38. The first kappa shape index (κ1) is 25.6. The highest BCUT2D eigenvalue weighted by atomic mass is 32.1. The molecule has 180 valence electrons. The van der Waals surface area contributed by atoms with E-state index in [0.717, 1.165) is 16.8 Å². The highest BCUT2D eigenvalue weighted by Crippen LogP contribution is 2.38. The number of hydrogen-bond acceptors (Lipinski definition) is 6. The second-order valence-corrected chi connectivity index (χ2v) is 8.71. The minimum atomic E-state index is -0.911. The number of rotatable bonds is 6. The number of phenolic OH excluding ortho intramolecular Hbond substituents is 1. The Hall–Kier alpha value is -4.02. The summed E-state index contributed by atoms with van der Waals surface area (Å²) in [6, 6.07) is 18.5. The Morgan fingerprint density at radius 1 is 0.886 bits per heavy atom. The number of phenols is 1. The minimum Gasteiger partial charge on any atom is -0.508 e. The van der Waals surface area contributed by atoms with Crippen LogP contribution in [0.25, 0.3) is 0 Å². The predicted octanol–water partition coefficient (Wildman–Crippen LogP) is 2.46. The Morgan fingerprint density at radius 3 is 2.06 bits per heavy atom. The summed E-state index contributed by atoms with van der Waals surface area (Å²) in [6.45, 7) is 0.407. The van der Waals surface area contributed by atoms with E-state index in [1.807, 2.05) is 30.3 Å². The normalized spacial score (nSPS) is 13.8. The van der Waals surface area contributed by atoms with E-state index >= 15 is 0 Å². The maximum absolute atomic E-state index is 11.6. The van der Waals surface area contributed by atoms with Crippen LogP contribution in [0.15, 0.2) is 66.7 Å². The largest absolute Gasteiger partial charge is 0.508 e. The maximum Gasteiger partial charge on any atom is 0.326 e. The molecule has 10 heteroatoms. The zero-order chi connectivity index (χ0) is 25.7. The van der Waals surface area contributed by atoms with Crippen LogP contribution in [-0.2, 0) is 17.8 Å². The lowest BCUT2D eigenvalue weighted by Gasteiger charge is -2.25. The van der Waals surface area contributed by atoms with Crippen molar-refractivity contribution >= 4 is 52.0 Å². The average Bonchev–Trinajstić information content (AvgIpc) is 3.19. The molecule has 8 nitrogen and oxygen atoms in total. The third-order valence-electron chi connectivity index (χ3n) is 5.49. The van der Waals surface area contributed by atoms with Crippen molar-refractivity contribution in [3.8, 4) is 5.75 Å². The van der Waals surface area contributed by atoms with Gasteiger partial charge in [-0.05, 0) is 35.9 Å². The standard InChI is InChI=1S/C17H16N2O3S.C8H8N2OS/c18-16(23)11-4-1-3-10(7-11)9-19-13-5-2-6-15(20)12(13)8-14(19)17(21)22;9-7(11)5-2-1-3-6(4-5)8(10)12/h1-7,14,20H,8-9H2,(H2,18,23)(H,21,22);1-4H,(H2,9,11)(H2,10,12). The first-order valence-electron chi connectivity index (χ1n) is 10.5. The van der Waals surface area contributed by atoms with Gasteiger partial charge in [-0.2, -0.15) is 0 Å². The number of primary amides is 1. The van der Waals surface area contributed by atoms with Gasteiger partial charge < -0.3 is 32.3 Å². The van der Waals surface area contributed by atoms with E-state index in [0.29, 0.717) is 28.2 Å². The molecule has 0 aliphatic carbocycles. The molecule has 35 heavy (non-hydrogen) atoms. The molecular weight excluding hydrogens is 484 g/mol. The Balaban J connectivity index is 0.000000241. The number of amides is 1. The molecule has 0 fully saturated rings. The molecule has 1 aliphatic heterocycles. The second-order valence-electron chi connectivity index (χ2n) is 7.83. The highest BCUT2D eigenvalue weighted by molar-refractivity contribution is 7.80. The number of carboxylic acids is 1. The van der Waals surface area contributed by atoms with Crippen LogP contribution >= 0.6 is 24.4 Å². The van der Waals surface area contributed by atoms with Crippen LogP contribution < -0.4 is 22.1 Å². The summed E-state index contributed by atoms with van der Waals surface area (Å²) >= 11 is 9.72. The van der Waals surface area contributed by atoms with E-state index in [2.05, 4.69) is 0 Å². The number of benzene rings is 3. The van der Waals surface area contributed by atoms with Crippen molar-refractivity contribution in [1.29, 1.82) is 0 Å². The maximum atomic E-state index is 11.6.